The molecular weight excluding hydrogens is 675 g/mol. The van der Waals surface area contributed by atoms with Crippen molar-refractivity contribution in [2.75, 3.05) is 63.2 Å². The summed E-state index contributed by atoms with van der Waals surface area (Å²) in [4.78, 5) is 16.5. The van der Waals surface area contributed by atoms with E-state index in [9.17, 15) is 14.0 Å². The Labute approximate surface area is 290 Å². The number of aromatic nitrogens is 2. The molecule has 2 aromatic carbocycles. The molecule has 2 N–H and O–H groups in total. The number of alkyl halides is 1. The van der Waals surface area contributed by atoms with E-state index in [0.29, 0.717) is 55.3 Å². The maximum atomic E-state index is 17.1. The summed E-state index contributed by atoms with van der Waals surface area (Å²) in [7, 11) is 0. The first kappa shape index (κ1) is 31.6. The SMILES string of the molecule is N#Cc1c(N)sc2c(F)ccc(-c3c(Cl)cc4c(N5C[C@H]6CC[C@@H](C5)N6CC5COC5)nc(OC[C@@]56CCCN5C[C@H](F)C6)nc4c3F)c12. The number of ether oxygens (including phenoxy) is 2. The Morgan fingerprint density at radius 2 is 1.96 bits per heavy atom. The van der Waals surface area contributed by atoms with Crippen LogP contribution in [0.1, 0.15) is 37.7 Å². The number of hydrogen-bond acceptors (Lipinski definition) is 10. The van der Waals surface area contributed by atoms with Crippen LogP contribution in [0.4, 0.5) is 24.0 Å². The van der Waals surface area contributed by atoms with Gasteiger partial charge in [-0.05, 0) is 49.9 Å². The molecule has 14 heteroatoms. The van der Waals surface area contributed by atoms with Crippen LogP contribution in [-0.2, 0) is 4.74 Å². The Kier molecular flexibility index (Phi) is 7.63. The highest BCUT2D eigenvalue weighted by Gasteiger charge is 2.49. The predicted molar refractivity (Wildman–Crippen MR) is 183 cm³/mol. The van der Waals surface area contributed by atoms with Crippen molar-refractivity contribution in [2.45, 2.75) is 55.9 Å². The summed E-state index contributed by atoms with van der Waals surface area (Å²) in [5, 5.41) is 10.8. The molecule has 4 aromatic rings. The van der Waals surface area contributed by atoms with Gasteiger partial charge < -0.3 is 20.1 Å². The molecule has 5 aliphatic heterocycles. The van der Waals surface area contributed by atoms with Gasteiger partial charge in [0.1, 0.15) is 41.0 Å². The first-order chi connectivity index (χ1) is 23.7. The summed E-state index contributed by atoms with van der Waals surface area (Å²) in [6, 6.07) is 7.02. The number of benzene rings is 2. The number of hydrogen-bond donors (Lipinski definition) is 1. The molecule has 0 aliphatic carbocycles. The average Bonchev–Trinajstić information content (AvgIpc) is 3.76. The van der Waals surface area contributed by atoms with E-state index in [1.165, 1.54) is 12.1 Å². The third-order valence-corrected chi connectivity index (χ3v) is 12.7. The van der Waals surface area contributed by atoms with Crippen LogP contribution < -0.4 is 15.4 Å². The Morgan fingerprint density at radius 1 is 1.16 bits per heavy atom. The van der Waals surface area contributed by atoms with Crippen molar-refractivity contribution in [3.63, 3.8) is 0 Å². The van der Waals surface area contributed by atoms with Crippen LogP contribution in [0.3, 0.4) is 0 Å². The van der Waals surface area contributed by atoms with Crippen LogP contribution in [-0.4, -0.2) is 96.1 Å². The summed E-state index contributed by atoms with van der Waals surface area (Å²) in [6.45, 7) is 5.40. The zero-order chi connectivity index (χ0) is 33.6. The molecule has 0 radical (unpaired) electrons. The van der Waals surface area contributed by atoms with Gasteiger partial charge in [0.15, 0.2) is 5.82 Å². The van der Waals surface area contributed by atoms with E-state index in [0.717, 1.165) is 63.3 Å². The topological polar surface area (TPSA) is 104 Å². The molecule has 7 heterocycles. The zero-order valence-corrected chi connectivity index (χ0v) is 28.3. The monoisotopic (exact) mass is 709 g/mol. The Hall–Kier alpha value is -3.41. The maximum absolute atomic E-state index is 17.1. The first-order valence-electron chi connectivity index (χ1n) is 16.9. The lowest BCUT2D eigenvalue weighted by atomic mass is 9.95. The van der Waals surface area contributed by atoms with Gasteiger partial charge in [-0.15, -0.1) is 11.3 Å². The van der Waals surface area contributed by atoms with Gasteiger partial charge in [-0.1, -0.05) is 17.7 Å². The molecule has 2 bridgehead atoms. The molecule has 0 spiro atoms. The molecule has 256 valence electrons. The van der Waals surface area contributed by atoms with Crippen LogP contribution in [0.25, 0.3) is 32.1 Å². The van der Waals surface area contributed by atoms with Crippen molar-refractivity contribution in [3.05, 3.63) is 40.4 Å². The van der Waals surface area contributed by atoms with Crippen molar-refractivity contribution >= 4 is 54.7 Å². The van der Waals surface area contributed by atoms with E-state index in [-0.39, 0.29) is 54.9 Å². The molecule has 4 atom stereocenters. The number of nitrogens with zero attached hydrogens (tertiary/aromatic N) is 6. The second-order valence-corrected chi connectivity index (χ2v) is 15.7. The van der Waals surface area contributed by atoms with Crippen molar-refractivity contribution in [1.82, 2.24) is 19.8 Å². The first-order valence-corrected chi connectivity index (χ1v) is 18.1. The molecule has 9 nitrogen and oxygen atoms in total. The number of nitriles is 1. The van der Waals surface area contributed by atoms with E-state index in [4.69, 9.17) is 31.8 Å². The lowest BCUT2D eigenvalue weighted by molar-refractivity contribution is -0.0538. The number of anilines is 2. The fourth-order valence-corrected chi connectivity index (χ4v) is 10.3. The summed E-state index contributed by atoms with van der Waals surface area (Å²) in [5.41, 5.74) is 5.98. The predicted octanol–water partition coefficient (Wildman–Crippen LogP) is 6.15. The summed E-state index contributed by atoms with van der Waals surface area (Å²) in [5.74, 6) is -0.202. The Morgan fingerprint density at radius 3 is 2.69 bits per heavy atom. The van der Waals surface area contributed by atoms with E-state index in [1.807, 2.05) is 0 Å². The highest BCUT2D eigenvalue weighted by Crippen LogP contribution is 2.47. The highest BCUT2D eigenvalue weighted by molar-refractivity contribution is 7.23. The Balaban J connectivity index is 1.16. The quantitative estimate of drug-likeness (QED) is 0.242. The average molecular weight is 710 g/mol. The summed E-state index contributed by atoms with van der Waals surface area (Å²) in [6.07, 6.45) is 3.36. The Bertz CT molecular complexity index is 2020. The van der Waals surface area contributed by atoms with Gasteiger partial charge in [-0.25, -0.2) is 13.2 Å². The third-order valence-electron chi connectivity index (χ3n) is 11.4. The van der Waals surface area contributed by atoms with Gasteiger partial charge in [-0.3, -0.25) is 9.80 Å². The second kappa shape index (κ2) is 11.8. The molecule has 9 rings (SSSR count). The maximum Gasteiger partial charge on any atom is 0.319 e. The van der Waals surface area contributed by atoms with Crippen molar-refractivity contribution < 1.29 is 22.6 Å². The number of nitrogen functional groups attached to an aromatic ring is 1. The third kappa shape index (κ3) is 5.05. The minimum atomic E-state index is -0.922. The zero-order valence-electron chi connectivity index (χ0n) is 26.7. The fourth-order valence-electron chi connectivity index (χ4n) is 9.02. The molecule has 0 unspecified atom stereocenters. The van der Waals surface area contributed by atoms with Gasteiger partial charge in [-0.2, -0.15) is 15.2 Å². The van der Waals surface area contributed by atoms with Gasteiger partial charge >= 0.3 is 6.01 Å². The molecule has 49 heavy (non-hydrogen) atoms. The number of thiophene rings is 1. The molecule has 5 fully saturated rings. The normalized spacial score (nSPS) is 27.2. The lowest BCUT2D eigenvalue weighted by Gasteiger charge is -2.44. The molecule has 0 amide bonds. The van der Waals surface area contributed by atoms with Crippen LogP contribution >= 0.6 is 22.9 Å². The molecule has 2 aromatic heterocycles. The minimum absolute atomic E-state index is 0.00620. The van der Waals surface area contributed by atoms with E-state index < -0.39 is 23.3 Å². The molecule has 5 saturated heterocycles. The summed E-state index contributed by atoms with van der Waals surface area (Å²) < 4.78 is 58.5. The fraction of sp³-hybridized carbons (Fsp3) is 0.514. The van der Waals surface area contributed by atoms with Crippen LogP contribution in [0.2, 0.25) is 5.02 Å². The van der Waals surface area contributed by atoms with Crippen LogP contribution in [0, 0.1) is 28.9 Å². The van der Waals surface area contributed by atoms with Crippen LogP contribution in [0.5, 0.6) is 6.01 Å². The minimum Gasteiger partial charge on any atom is -0.461 e. The van der Waals surface area contributed by atoms with Crippen molar-refractivity contribution in [3.8, 4) is 23.2 Å². The number of halogens is 4. The largest absolute Gasteiger partial charge is 0.461 e. The number of nitrogens with two attached hydrogens (primary N) is 1. The lowest BCUT2D eigenvalue weighted by Crippen LogP contribution is -2.56. The number of rotatable bonds is 7. The van der Waals surface area contributed by atoms with Gasteiger partial charge in [0, 0.05) is 66.9 Å². The molecule has 5 aliphatic rings. The molecular formula is C35H35ClF3N7O2S. The van der Waals surface area contributed by atoms with Crippen molar-refractivity contribution in [2.24, 2.45) is 5.92 Å². The summed E-state index contributed by atoms with van der Waals surface area (Å²) >= 11 is 7.86. The van der Waals surface area contributed by atoms with Crippen LogP contribution in [0.15, 0.2) is 18.2 Å². The van der Waals surface area contributed by atoms with Crippen molar-refractivity contribution in [1.29, 1.82) is 5.26 Å². The van der Waals surface area contributed by atoms with Gasteiger partial charge in [0.05, 0.1) is 34.0 Å². The standard InChI is InChI=1S/C35H35ClF3N7O2S/c36-25-8-23-30(29(39)28(25)22-4-5-26(38)31-27(22)24(10-40)32(41)49-31)42-34(48-17-35-6-1-7-45(35)12-19(37)9-35)43-33(23)44-13-20-2-3-21(14-44)46(20)11-18-15-47-16-18/h4-5,8,18-21H,1-3,6-7,9,11-17,41H2/t19-,20-,21+,35+/m1/s1. The van der Waals surface area contributed by atoms with Gasteiger partial charge in [0.25, 0.3) is 0 Å². The second-order valence-electron chi connectivity index (χ2n) is 14.3. The highest BCUT2D eigenvalue weighted by atomic mass is 35.5. The van der Waals surface area contributed by atoms with E-state index >= 15 is 4.39 Å². The smallest absolute Gasteiger partial charge is 0.319 e. The number of fused-ring (bicyclic) bond motifs is 5. The van der Waals surface area contributed by atoms with E-state index in [1.54, 1.807) is 6.07 Å². The number of piperazine rings is 1. The van der Waals surface area contributed by atoms with E-state index in [2.05, 4.69) is 25.8 Å². The molecule has 0 saturated carbocycles. The van der Waals surface area contributed by atoms with Gasteiger partial charge in [0.2, 0.25) is 0 Å².